The summed E-state index contributed by atoms with van der Waals surface area (Å²) in [6, 6.07) is 2.49. The van der Waals surface area contributed by atoms with E-state index in [-0.39, 0.29) is 11.1 Å². The van der Waals surface area contributed by atoms with Crippen molar-refractivity contribution >= 4 is 11.4 Å². The van der Waals surface area contributed by atoms with Gasteiger partial charge in [-0.15, -0.1) is 0 Å². The lowest BCUT2D eigenvalue weighted by Gasteiger charge is -2.32. The van der Waals surface area contributed by atoms with Crippen LogP contribution in [-0.4, -0.2) is 28.7 Å². The van der Waals surface area contributed by atoms with Crippen molar-refractivity contribution in [1.82, 2.24) is 0 Å². The SMILES string of the molecule is Cc1cc(N)c(C(C)(O)C(F)(F)F)cc1C(c1cc(C(C)(O)C(F)(F)F)c(N)cc1C)C(F)(F)F. The molecule has 2 atom stereocenters. The Bertz CT molecular complexity index is 1040. The summed E-state index contributed by atoms with van der Waals surface area (Å²) in [6.45, 7) is 2.87. The molecule has 0 heterocycles. The van der Waals surface area contributed by atoms with E-state index >= 15 is 0 Å². The van der Waals surface area contributed by atoms with E-state index in [4.69, 9.17) is 11.5 Å². The Morgan fingerprint density at radius 2 is 0.914 bits per heavy atom. The van der Waals surface area contributed by atoms with E-state index in [0.717, 1.165) is 26.0 Å². The number of hydrogen-bond donors (Lipinski definition) is 4. The van der Waals surface area contributed by atoms with Crippen LogP contribution in [0.5, 0.6) is 0 Å². The molecule has 0 saturated carbocycles. The monoisotopic (exact) mass is 518 g/mol. The van der Waals surface area contributed by atoms with Gasteiger partial charge < -0.3 is 21.7 Å². The quantitative estimate of drug-likeness (QED) is 0.309. The van der Waals surface area contributed by atoms with E-state index in [0.29, 0.717) is 26.0 Å². The van der Waals surface area contributed by atoms with Crippen LogP contribution in [0.2, 0.25) is 0 Å². The maximum atomic E-state index is 14.3. The number of nitrogens with two attached hydrogens (primary N) is 2. The second-order valence-electron chi connectivity index (χ2n) is 8.71. The predicted molar refractivity (Wildman–Crippen MR) is 110 cm³/mol. The number of aryl methyl sites for hydroxylation is 2. The molecule has 13 heteroatoms. The van der Waals surface area contributed by atoms with Crippen LogP contribution in [0.25, 0.3) is 0 Å². The smallest absolute Gasteiger partial charge is 0.398 e. The van der Waals surface area contributed by atoms with Gasteiger partial charge in [-0.05, 0) is 74.2 Å². The number of benzene rings is 2. The Morgan fingerprint density at radius 1 is 0.629 bits per heavy atom. The van der Waals surface area contributed by atoms with Gasteiger partial charge in [-0.3, -0.25) is 0 Å². The van der Waals surface area contributed by atoms with Gasteiger partial charge in [-0.1, -0.05) is 0 Å². The molecule has 2 aromatic rings. The molecule has 35 heavy (non-hydrogen) atoms. The number of aliphatic hydroxyl groups is 2. The fraction of sp³-hybridized carbons (Fsp3) is 0.455. The van der Waals surface area contributed by atoms with Gasteiger partial charge >= 0.3 is 18.5 Å². The van der Waals surface area contributed by atoms with Crippen LogP contribution >= 0.6 is 0 Å². The molecule has 2 unspecified atom stereocenters. The van der Waals surface area contributed by atoms with Crippen molar-refractivity contribution in [3.8, 4) is 0 Å². The summed E-state index contributed by atoms with van der Waals surface area (Å²) in [5, 5.41) is 20.1. The Hall–Kier alpha value is -2.67. The van der Waals surface area contributed by atoms with E-state index in [1.165, 1.54) is 0 Å². The second kappa shape index (κ2) is 8.47. The first-order valence-electron chi connectivity index (χ1n) is 9.90. The van der Waals surface area contributed by atoms with Gasteiger partial charge in [-0.25, -0.2) is 0 Å². The predicted octanol–water partition coefficient (Wildman–Crippen LogP) is 5.70. The molecule has 0 aromatic heterocycles. The topological polar surface area (TPSA) is 92.5 Å². The molecule has 4 nitrogen and oxygen atoms in total. The van der Waals surface area contributed by atoms with Crippen LogP contribution in [0.4, 0.5) is 50.9 Å². The molecule has 0 spiro atoms. The minimum Gasteiger partial charge on any atom is -0.398 e. The van der Waals surface area contributed by atoms with Gasteiger partial charge in [0.15, 0.2) is 11.2 Å². The van der Waals surface area contributed by atoms with Gasteiger partial charge in [0, 0.05) is 22.5 Å². The van der Waals surface area contributed by atoms with Crippen molar-refractivity contribution in [2.24, 2.45) is 0 Å². The maximum Gasteiger partial charge on any atom is 0.421 e. The Balaban J connectivity index is 2.94. The van der Waals surface area contributed by atoms with E-state index in [2.05, 4.69) is 0 Å². The van der Waals surface area contributed by atoms with E-state index in [9.17, 15) is 49.7 Å². The van der Waals surface area contributed by atoms with Crippen LogP contribution in [0.3, 0.4) is 0 Å². The summed E-state index contributed by atoms with van der Waals surface area (Å²) in [5.41, 5.74) is -1.50. The molecular weight excluding hydrogens is 495 g/mol. The van der Waals surface area contributed by atoms with Crippen LogP contribution in [0.15, 0.2) is 24.3 Å². The number of anilines is 2. The first-order chi connectivity index (χ1) is 15.4. The maximum absolute atomic E-state index is 14.3. The lowest BCUT2D eigenvalue weighted by molar-refractivity contribution is -0.258. The molecular formula is C22H23F9N2O2. The van der Waals surface area contributed by atoms with E-state index in [1.807, 2.05) is 0 Å². The summed E-state index contributed by atoms with van der Waals surface area (Å²) < 4.78 is 124. The summed E-state index contributed by atoms with van der Waals surface area (Å²) in [7, 11) is 0. The van der Waals surface area contributed by atoms with Crippen LogP contribution in [0.1, 0.15) is 53.1 Å². The lowest BCUT2D eigenvalue weighted by atomic mass is 9.80. The molecule has 196 valence electrons. The van der Waals surface area contributed by atoms with Gasteiger partial charge in [-0.2, -0.15) is 39.5 Å². The van der Waals surface area contributed by atoms with Crippen molar-refractivity contribution in [3.63, 3.8) is 0 Å². The zero-order valence-electron chi connectivity index (χ0n) is 18.8. The average molecular weight is 518 g/mol. The van der Waals surface area contributed by atoms with Gasteiger partial charge in [0.1, 0.15) is 5.92 Å². The van der Waals surface area contributed by atoms with Gasteiger partial charge in [0.25, 0.3) is 0 Å². The van der Waals surface area contributed by atoms with Crippen molar-refractivity contribution in [1.29, 1.82) is 0 Å². The minimum atomic E-state index is -5.31. The van der Waals surface area contributed by atoms with Crippen molar-refractivity contribution in [2.45, 2.75) is 63.3 Å². The van der Waals surface area contributed by atoms with Gasteiger partial charge in [0.2, 0.25) is 0 Å². The Kier molecular flexibility index (Phi) is 6.91. The third kappa shape index (κ3) is 5.01. The highest BCUT2D eigenvalue weighted by molar-refractivity contribution is 5.60. The normalized spacial score (nSPS) is 17.6. The number of alkyl halides is 9. The fourth-order valence-electron chi connectivity index (χ4n) is 3.78. The summed E-state index contributed by atoms with van der Waals surface area (Å²) in [4.78, 5) is 0. The van der Waals surface area contributed by atoms with Crippen molar-refractivity contribution < 1.29 is 49.7 Å². The second-order valence-corrected chi connectivity index (χ2v) is 8.71. The first kappa shape index (κ1) is 28.6. The first-order valence-corrected chi connectivity index (χ1v) is 9.90. The molecule has 0 aliphatic carbocycles. The van der Waals surface area contributed by atoms with Crippen LogP contribution in [-0.2, 0) is 11.2 Å². The highest BCUT2D eigenvalue weighted by Crippen LogP contribution is 2.49. The highest BCUT2D eigenvalue weighted by Gasteiger charge is 2.54. The molecule has 0 aliphatic heterocycles. The number of nitrogen functional groups attached to an aromatic ring is 2. The third-order valence-corrected chi connectivity index (χ3v) is 5.98. The minimum absolute atomic E-state index is 0.230. The summed E-state index contributed by atoms with van der Waals surface area (Å²) >= 11 is 0. The standard InChI is InChI=1S/C22H23F9N2O2/c1-9-5-15(32)13(18(3,34)21(26,27)28)7-11(9)17(20(23,24)25)12-8-14(16(33)6-10(12)2)19(4,35)22(29,30)31/h5-8,17,34-35H,32-33H2,1-4H3. The number of halogens is 9. The molecule has 0 fully saturated rings. The zero-order valence-corrected chi connectivity index (χ0v) is 18.8. The van der Waals surface area contributed by atoms with Crippen molar-refractivity contribution in [3.05, 3.63) is 57.6 Å². The molecule has 0 saturated heterocycles. The summed E-state index contributed by atoms with van der Waals surface area (Å²) in [6.07, 6.45) is -15.8. The van der Waals surface area contributed by atoms with Gasteiger partial charge in [0.05, 0.1) is 0 Å². The third-order valence-electron chi connectivity index (χ3n) is 5.98. The fourth-order valence-corrected chi connectivity index (χ4v) is 3.78. The average Bonchev–Trinajstić information content (AvgIpc) is 2.61. The van der Waals surface area contributed by atoms with E-state index < -0.39 is 69.3 Å². The van der Waals surface area contributed by atoms with Crippen molar-refractivity contribution in [2.75, 3.05) is 11.5 Å². The largest absolute Gasteiger partial charge is 0.421 e. The molecule has 2 rings (SSSR count). The van der Waals surface area contributed by atoms with Crippen LogP contribution in [0, 0.1) is 13.8 Å². The Morgan fingerprint density at radius 3 is 1.14 bits per heavy atom. The molecule has 0 bridgehead atoms. The van der Waals surface area contributed by atoms with E-state index in [1.54, 1.807) is 0 Å². The zero-order chi connectivity index (χ0) is 27.5. The Labute approximate surface area is 194 Å². The summed E-state index contributed by atoms with van der Waals surface area (Å²) in [5.74, 6) is -2.74. The highest BCUT2D eigenvalue weighted by atomic mass is 19.4. The molecule has 0 aliphatic rings. The number of hydrogen-bond acceptors (Lipinski definition) is 4. The molecule has 0 amide bonds. The lowest BCUT2D eigenvalue weighted by Crippen LogP contribution is -2.40. The molecule has 6 N–H and O–H groups in total. The molecule has 2 aromatic carbocycles. The number of rotatable bonds is 4. The molecule has 0 radical (unpaired) electrons. The van der Waals surface area contributed by atoms with Crippen LogP contribution < -0.4 is 11.5 Å².